The molecular weight excluding hydrogens is 414 g/mol. The van der Waals surface area contributed by atoms with Crippen molar-refractivity contribution >= 4 is 23.5 Å². The molecule has 0 N–H and O–H groups in total. The SMILES string of the molecule is Cc1nnc(SCC(=O)N2CCC[C@H](C(=O)c3ccc(Oc4ccccc4)cc3)C2)o1. The van der Waals surface area contributed by atoms with Crippen molar-refractivity contribution in [3.8, 4) is 11.5 Å². The van der Waals surface area contributed by atoms with Crippen LogP contribution in [0.5, 0.6) is 11.5 Å². The number of rotatable bonds is 7. The predicted molar refractivity (Wildman–Crippen MR) is 116 cm³/mol. The third kappa shape index (κ3) is 5.52. The van der Waals surface area contributed by atoms with Crippen LogP contribution in [0.2, 0.25) is 0 Å². The number of piperidine rings is 1. The topological polar surface area (TPSA) is 85.5 Å². The first-order valence-corrected chi connectivity index (χ1v) is 11.1. The van der Waals surface area contributed by atoms with Gasteiger partial charge in [-0.25, -0.2) is 0 Å². The fourth-order valence-electron chi connectivity index (χ4n) is 3.52. The minimum atomic E-state index is -0.200. The number of carbonyl (C=O) groups excluding carboxylic acids is 2. The number of aromatic nitrogens is 2. The number of hydrogen-bond acceptors (Lipinski definition) is 7. The van der Waals surface area contributed by atoms with Gasteiger partial charge in [0.2, 0.25) is 11.8 Å². The molecule has 1 aliphatic heterocycles. The average Bonchev–Trinajstić information content (AvgIpc) is 3.23. The summed E-state index contributed by atoms with van der Waals surface area (Å²) in [6, 6.07) is 16.7. The van der Waals surface area contributed by atoms with Crippen LogP contribution in [0.4, 0.5) is 0 Å². The number of Topliss-reactive ketones (excluding diaryl/α,β-unsaturated/α-hetero) is 1. The van der Waals surface area contributed by atoms with Crippen molar-refractivity contribution in [3.63, 3.8) is 0 Å². The molecule has 1 atom stereocenters. The molecule has 3 aromatic rings. The maximum absolute atomic E-state index is 13.0. The highest BCUT2D eigenvalue weighted by atomic mass is 32.2. The molecular formula is C23H23N3O4S. The molecule has 4 rings (SSSR count). The normalized spacial score (nSPS) is 16.2. The van der Waals surface area contributed by atoms with Crippen molar-refractivity contribution in [1.82, 2.24) is 15.1 Å². The lowest BCUT2D eigenvalue weighted by Crippen LogP contribution is -2.43. The molecule has 2 heterocycles. The molecule has 8 heteroatoms. The van der Waals surface area contributed by atoms with Crippen molar-refractivity contribution in [3.05, 3.63) is 66.1 Å². The summed E-state index contributed by atoms with van der Waals surface area (Å²) in [6.07, 6.45) is 1.59. The van der Waals surface area contributed by atoms with E-state index in [4.69, 9.17) is 9.15 Å². The fourth-order valence-corrected chi connectivity index (χ4v) is 4.22. The van der Waals surface area contributed by atoms with E-state index in [1.165, 1.54) is 11.8 Å². The predicted octanol–water partition coefficient (Wildman–Crippen LogP) is 4.38. The Hall–Kier alpha value is -3.13. The van der Waals surface area contributed by atoms with E-state index in [2.05, 4.69) is 10.2 Å². The zero-order valence-electron chi connectivity index (χ0n) is 17.2. The van der Waals surface area contributed by atoms with Crippen LogP contribution in [-0.4, -0.2) is 45.6 Å². The average molecular weight is 438 g/mol. The number of aryl methyl sites for hydroxylation is 1. The zero-order chi connectivity index (χ0) is 21.6. The van der Waals surface area contributed by atoms with E-state index in [-0.39, 0.29) is 23.4 Å². The summed E-state index contributed by atoms with van der Waals surface area (Å²) in [5, 5.41) is 8.03. The Labute approximate surface area is 184 Å². The van der Waals surface area contributed by atoms with E-state index < -0.39 is 0 Å². The van der Waals surface area contributed by atoms with Crippen molar-refractivity contribution in [2.75, 3.05) is 18.8 Å². The maximum Gasteiger partial charge on any atom is 0.277 e. The Bertz CT molecular complexity index is 1040. The number of ketones is 1. The Balaban J connectivity index is 1.33. The number of thioether (sulfide) groups is 1. The Morgan fingerprint density at radius 3 is 2.55 bits per heavy atom. The minimum absolute atomic E-state index is 0.0232. The second-order valence-corrected chi connectivity index (χ2v) is 8.28. The highest BCUT2D eigenvalue weighted by Crippen LogP contribution is 2.25. The molecule has 0 aliphatic carbocycles. The van der Waals surface area contributed by atoms with Crippen LogP contribution >= 0.6 is 11.8 Å². The maximum atomic E-state index is 13.0. The fraction of sp³-hybridized carbons (Fsp3) is 0.304. The number of para-hydroxylation sites is 1. The van der Waals surface area contributed by atoms with E-state index in [1.807, 2.05) is 30.3 Å². The molecule has 7 nitrogen and oxygen atoms in total. The lowest BCUT2D eigenvalue weighted by Gasteiger charge is -2.32. The Morgan fingerprint density at radius 2 is 1.84 bits per heavy atom. The van der Waals surface area contributed by atoms with Gasteiger partial charge in [0.05, 0.1) is 5.75 Å². The molecule has 31 heavy (non-hydrogen) atoms. The number of nitrogens with zero attached hydrogens (tertiary/aromatic N) is 3. The van der Waals surface area contributed by atoms with Gasteiger partial charge < -0.3 is 14.1 Å². The third-order valence-electron chi connectivity index (χ3n) is 5.09. The molecule has 1 aliphatic rings. The number of carbonyl (C=O) groups is 2. The summed E-state index contributed by atoms with van der Waals surface area (Å²) in [7, 11) is 0. The van der Waals surface area contributed by atoms with Crippen molar-refractivity contribution in [1.29, 1.82) is 0 Å². The number of ether oxygens (including phenoxy) is 1. The van der Waals surface area contributed by atoms with Gasteiger partial charge in [0, 0.05) is 31.5 Å². The van der Waals surface area contributed by atoms with Gasteiger partial charge in [-0.3, -0.25) is 9.59 Å². The molecule has 0 bridgehead atoms. The standard InChI is InChI=1S/C23H23N3O4S/c1-16-24-25-23(29-16)31-15-21(27)26-13-5-6-18(14-26)22(28)17-9-11-20(12-10-17)30-19-7-3-2-4-8-19/h2-4,7-12,18H,5-6,13-15H2,1H3/t18-/m0/s1. The first-order chi connectivity index (χ1) is 15.1. The molecule has 1 aromatic heterocycles. The first-order valence-electron chi connectivity index (χ1n) is 10.2. The van der Waals surface area contributed by atoms with Crippen LogP contribution < -0.4 is 4.74 Å². The van der Waals surface area contributed by atoms with Crippen LogP contribution in [-0.2, 0) is 4.79 Å². The van der Waals surface area contributed by atoms with Gasteiger partial charge in [0.1, 0.15) is 11.5 Å². The third-order valence-corrected chi connectivity index (χ3v) is 5.89. The van der Waals surface area contributed by atoms with Gasteiger partial charge in [-0.1, -0.05) is 30.0 Å². The van der Waals surface area contributed by atoms with E-state index in [0.29, 0.717) is 35.5 Å². The molecule has 0 unspecified atom stereocenters. The van der Waals surface area contributed by atoms with Crippen LogP contribution in [0.1, 0.15) is 29.1 Å². The Kier molecular flexibility index (Phi) is 6.66. The Morgan fingerprint density at radius 1 is 1.10 bits per heavy atom. The highest BCUT2D eigenvalue weighted by Gasteiger charge is 2.29. The van der Waals surface area contributed by atoms with Crippen LogP contribution in [0, 0.1) is 12.8 Å². The van der Waals surface area contributed by atoms with Gasteiger partial charge in [-0.15, -0.1) is 10.2 Å². The minimum Gasteiger partial charge on any atom is -0.457 e. The second-order valence-electron chi connectivity index (χ2n) is 7.36. The lowest BCUT2D eigenvalue weighted by molar-refractivity contribution is -0.129. The van der Waals surface area contributed by atoms with Gasteiger partial charge in [-0.2, -0.15) is 0 Å². The molecule has 0 radical (unpaired) electrons. The number of benzene rings is 2. The monoisotopic (exact) mass is 437 g/mol. The molecule has 1 fully saturated rings. The van der Waals surface area contributed by atoms with E-state index >= 15 is 0 Å². The number of likely N-dealkylation sites (tertiary alicyclic amines) is 1. The quantitative estimate of drug-likeness (QED) is 0.400. The molecule has 2 aromatic carbocycles. The van der Waals surface area contributed by atoms with E-state index in [1.54, 1.807) is 36.1 Å². The van der Waals surface area contributed by atoms with Gasteiger partial charge in [0.25, 0.3) is 5.22 Å². The first kappa shape index (κ1) is 21.1. The highest BCUT2D eigenvalue weighted by molar-refractivity contribution is 7.99. The molecule has 1 amide bonds. The molecule has 0 spiro atoms. The van der Waals surface area contributed by atoms with Gasteiger partial charge in [0.15, 0.2) is 5.78 Å². The number of amides is 1. The van der Waals surface area contributed by atoms with Crippen LogP contribution in [0.15, 0.2) is 64.2 Å². The number of hydrogen-bond donors (Lipinski definition) is 0. The second kappa shape index (κ2) is 9.78. The summed E-state index contributed by atoms with van der Waals surface area (Å²) < 4.78 is 11.1. The van der Waals surface area contributed by atoms with Crippen molar-refractivity contribution in [2.45, 2.75) is 25.0 Å². The van der Waals surface area contributed by atoms with Crippen molar-refractivity contribution in [2.24, 2.45) is 5.92 Å². The smallest absolute Gasteiger partial charge is 0.277 e. The van der Waals surface area contributed by atoms with Gasteiger partial charge in [-0.05, 0) is 49.2 Å². The largest absolute Gasteiger partial charge is 0.457 e. The van der Waals surface area contributed by atoms with Crippen LogP contribution in [0.25, 0.3) is 0 Å². The zero-order valence-corrected chi connectivity index (χ0v) is 18.0. The summed E-state index contributed by atoms with van der Waals surface area (Å²) in [4.78, 5) is 27.3. The van der Waals surface area contributed by atoms with Gasteiger partial charge >= 0.3 is 0 Å². The van der Waals surface area contributed by atoms with Crippen LogP contribution in [0.3, 0.4) is 0 Å². The van der Waals surface area contributed by atoms with E-state index in [9.17, 15) is 9.59 Å². The summed E-state index contributed by atoms with van der Waals surface area (Å²) in [5.41, 5.74) is 0.635. The molecule has 160 valence electrons. The van der Waals surface area contributed by atoms with Crippen molar-refractivity contribution < 1.29 is 18.7 Å². The summed E-state index contributed by atoms with van der Waals surface area (Å²) >= 11 is 1.22. The molecule has 1 saturated heterocycles. The summed E-state index contributed by atoms with van der Waals surface area (Å²) in [5.74, 6) is 1.95. The summed E-state index contributed by atoms with van der Waals surface area (Å²) in [6.45, 7) is 2.80. The lowest BCUT2D eigenvalue weighted by atomic mass is 9.90. The van der Waals surface area contributed by atoms with E-state index in [0.717, 1.165) is 18.6 Å². The molecule has 0 saturated carbocycles.